The van der Waals surface area contributed by atoms with Crippen molar-refractivity contribution in [1.82, 2.24) is 5.32 Å². The summed E-state index contributed by atoms with van der Waals surface area (Å²) in [5, 5.41) is 9.35. The maximum Gasteiger partial charge on any atom is 0.486 e. The van der Waals surface area contributed by atoms with Gasteiger partial charge in [-0.25, -0.2) is 14.5 Å². The van der Waals surface area contributed by atoms with Crippen LogP contribution in [0.2, 0.25) is 0 Å². The SMILES string of the molecule is O=C(NC(F)(F)F)N(O)c1ccc(F)cc1. The van der Waals surface area contributed by atoms with Gasteiger partial charge in [-0.05, 0) is 24.3 Å². The number of nitrogens with one attached hydrogen (secondary N) is 1. The van der Waals surface area contributed by atoms with Crippen molar-refractivity contribution in [3.8, 4) is 0 Å². The highest BCUT2D eigenvalue weighted by atomic mass is 19.4. The average molecular weight is 238 g/mol. The fourth-order valence-electron chi connectivity index (χ4n) is 0.874. The molecule has 2 N–H and O–H groups in total. The van der Waals surface area contributed by atoms with E-state index in [1.54, 1.807) is 0 Å². The van der Waals surface area contributed by atoms with E-state index < -0.39 is 18.1 Å². The van der Waals surface area contributed by atoms with Gasteiger partial charge in [0.25, 0.3) is 0 Å². The molecular formula is C8H6F4N2O2. The summed E-state index contributed by atoms with van der Waals surface area (Å²) >= 11 is 0. The van der Waals surface area contributed by atoms with Crippen molar-refractivity contribution in [2.75, 3.05) is 5.06 Å². The van der Waals surface area contributed by atoms with E-state index in [1.165, 1.54) is 0 Å². The molecule has 16 heavy (non-hydrogen) atoms. The van der Waals surface area contributed by atoms with Crippen LogP contribution in [0.25, 0.3) is 0 Å². The van der Waals surface area contributed by atoms with Crippen molar-refractivity contribution in [2.45, 2.75) is 6.30 Å². The molecule has 0 radical (unpaired) electrons. The average Bonchev–Trinajstić information content (AvgIpc) is 2.15. The fourth-order valence-corrected chi connectivity index (χ4v) is 0.874. The molecule has 1 aromatic rings. The topological polar surface area (TPSA) is 52.6 Å². The molecule has 0 heterocycles. The van der Waals surface area contributed by atoms with Gasteiger partial charge in [0.15, 0.2) is 0 Å². The van der Waals surface area contributed by atoms with Crippen LogP contribution >= 0.6 is 0 Å². The highest BCUT2D eigenvalue weighted by molar-refractivity contribution is 5.89. The van der Waals surface area contributed by atoms with E-state index in [0.29, 0.717) is 5.32 Å². The molecule has 0 spiro atoms. The van der Waals surface area contributed by atoms with Gasteiger partial charge in [0.2, 0.25) is 0 Å². The molecule has 0 unspecified atom stereocenters. The van der Waals surface area contributed by atoms with Crippen LogP contribution in [0.5, 0.6) is 0 Å². The number of hydroxylamine groups is 1. The van der Waals surface area contributed by atoms with Gasteiger partial charge in [-0.15, -0.1) is 0 Å². The highest BCUT2D eigenvalue weighted by Crippen LogP contribution is 2.15. The Kier molecular flexibility index (Phi) is 3.33. The van der Waals surface area contributed by atoms with Gasteiger partial charge in [0, 0.05) is 0 Å². The van der Waals surface area contributed by atoms with Crippen LogP contribution < -0.4 is 10.4 Å². The number of amides is 2. The number of rotatable bonds is 1. The molecule has 1 aromatic carbocycles. The maximum absolute atomic E-state index is 12.4. The second kappa shape index (κ2) is 4.35. The molecule has 0 saturated carbocycles. The lowest BCUT2D eigenvalue weighted by Crippen LogP contribution is -2.45. The minimum absolute atomic E-state index is 0.271. The Bertz CT molecular complexity index is 377. The molecular weight excluding hydrogens is 232 g/mol. The standard InChI is InChI=1S/C8H6F4N2O2/c9-5-1-3-6(4-2-5)14(16)7(15)13-8(10,11)12/h1-4,16H,(H,13,15). The molecule has 0 atom stereocenters. The minimum atomic E-state index is -4.95. The predicted molar refractivity (Wildman–Crippen MR) is 45.3 cm³/mol. The first-order chi connectivity index (χ1) is 7.29. The quantitative estimate of drug-likeness (QED) is 0.341. The monoisotopic (exact) mass is 238 g/mol. The fraction of sp³-hybridized carbons (Fsp3) is 0.125. The third-order valence-corrected chi connectivity index (χ3v) is 1.51. The third kappa shape index (κ3) is 3.39. The zero-order valence-electron chi connectivity index (χ0n) is 7.62. The minimum Gasteiger partial charge on any atom is -0.280 e. The molecule has 0 fully saturated rings. The maximum atomic E-state index is 12.4. The largest absolute Gasteiger partial charge is 0.486 e. The number of carbonyl (C=O) groups is 1. The van der Waals surface area contributed by atoms with Gasteiger partial charge >= 0.3 is 12.3 Å². The highest BCUT2D eigenvalue weighted by Gasteiger charge is 2.32. The van der Waals surface area contributed by atoms with Crippen molar-refractivity contribution in [3.63, 3.8) is 0 Å². The van der Waals surface area contributed by atoms with Crippen molar-refractivity contribution >= 4 is 11.7 Å². The number of anilines is 1. The molecule has 8 heteroatoms. The molecule has 2 amide bonds. The van der Waals surface area contributed by atoms with Crippen LogP contribution in [-0.4, -0.2) is 17.5 Å². The molecule has 0 bridgehead atoms. The third-order valence-electron chi connectivity index (χ3n) is 1.51. The van der Waals surface area contributed by atoms with Crippen molar-refractivity contribution in [1.29, 1.82) is 0 Å². The lowest BCUT2D eigenvalue weighted by atomic mass is 10.3. The summed E-state index contributed by atoms with van der Waals surface area (Å²) in [4.78, 5) is 10.8. The molecule has 1 rings (SSSR count). The Morgan fingerprint density at radius 3 is 2.19 bits per heavy atom. The summed E-state index contributed by atoms with van der Waals surface area (Å²) in [6.45, 7) is 0. The van der Waals surface area contributed by atoms with Crippen LogP contribution in [0.4, 0.5) is 28.0 Å². The second-order valence-electron chi connectivity index (χ2n) is 2.72. The summed E-state index contributed by atoms with van der Waals surface area (Å²) in [5.41, 5.74) is -0.289. The predicted octanol–water partition coefficient (Wildman–Crippen LogP) is 2.25. The van der Waals surface area contributed by atoms with Crippen LogP contribution in [0, 0.1) is 5.82 Å². The van der Waals surface area contributed by atoms with Crippen LogP contribution in [0.1, 0.15) is 0 Å². The lowest BCUT2D eigenvalue weighted by molar-refractivity contribution is -0.146. The zero-order valence-corrected chi connectivity index (χ0v) is 7.62. The Hall–Kier alpha value is -1.83. The molecule has 88 valence electrons. The summed E-state index contributed by atoms with van der Waals surface area (Å²) in [6, 6.07) is 1.90. The van der Waals surface area contributed by atoms with Gasteiger partial charge < -0.3 is 0 Å². The number of halogens is 4. The molecule has 0 aliphatic carbocycles. The number of hydrogen-bond acceptors (Lipinski definition) is 2. The first-order valence-corrected chi connectivity index (χ1v) is 3.93. The summed E-state index contributed by atoms with van der Waals surface area (Å²) < 4.78 is 47.6. The van der Waals surface area contributed by atoms with Gasteiger partial charge in [-0.1, -0.05) is 0 Å². The van der Waals surface area contributed by atoms with Crippen LogP contribution in [0.3, 0.4) is 0 Å². The van der Waals surface area contributed by atoms with Gasteiger partial charge in [0.1, 0.15) is 5.82 Å². The first kappa shape index (κ1) is 12.2. The molecule has 0 aliphatic heterocycles. The summed E-state index contributed by atoms with van der Waals surface area (Å²) in [5.74, 6) is -0.645. The Morgan fingerprint density at radius 1 is 1.25 bits per heavy atom. The Morgan fingerprint density at radius 2 is 1.75 bits per heavy atom. The first-order valence-electron chi connectivity index (χ1n) is 3.93. The van der Waals surface area contributed by atoms with Gasteiger partial charge in [0.05, 0.1) is 5.69 Å². The van der Waals surface area contributed by atoms with Crippen molar-refractivity contribution in [3.05, 3.63) is 30.1 Å². The van der Waals surface area contributed by atoms with Gasteiger partial charge in [-0.2, -0.15) is 18.2 Å². The molecule has 4 nitrogen and oxygen atoms in total. The van der Waals surface area contributed by atoms with E-state index in [2.05, 4.69) is 0 Å². The molecule has 0 aromatic heterocycles. The van der Waals surface area contributed by atoms with E-state index in [0.717, 1.165) is 24.3 Å². The van der Waals surface area contributed by atoms with E-state index in [1.807, 2.05) is 0 Å². The normalized spacial score (nSPS) is 11.1. The van der Waals surface area contributed by atoms with Gasteiger partial charge in [-0.3, -0.25) is 5.21 Å². The molecule has 0 saturated heterocycles. The number of carbonyl (C=O) groups excluding carboxylic acids is 1. The van der Waals surface area contributed by atoms with E-state index in [9.17, 15) is 22.4 Å². The Balaban J connectivity index is 2.74. The lowest BCUT2D eigenvalue weighted by Gasteiger charge is -2.16. The number of hydrogen-bond donors (Lipinski definition) is 2. The van der Waals surface area contributed by atoms with E-state index >= 15 is 0 Å². The van der Waals surface area contributed by atoms with E-state index in [4.69, 9.17) is 5.21 Å². The summed E-state index contributed by atoms with van der Waals surface area (Å²) in [7, 11) is 0. The number of alkyl halides is 3. The number of nitrogens with zero attached hydrogens (tertiary/aromatic N) is 1. The van der Waals surface area contributed by atoms with E-state index in [-0.39, 0.29) is 10.8 Å². The number of benzene rings is 1. The smallest absolute Gasteiger partial charge is 0.280 e. The number of urea groups is 1. The van der Waals surface area contributed by atoms with Crippen molar-refractivity contribution < 1.29 is 27.6 Å². The van der Waals surface area contributed by atoms with Crippen LogP contribution in [0.15, 0.2) is 24.3 Å². The Labute approximate surface area is 87.0 Å². The zero-order chi connectivity index (χ0) is 12.3. The second-order valence-corrected chi connectivity index (χ2v) is 2.72. The van der Waals surface area contributed by atoms with Crippen molar-refractivity contribution in [2.24, 2.45) is 0 Å². The molecule has 0 aliphatic rings. The van der Waals surface area contributed by atoms with Crippen LogP contribution in [-0.2, 0) is 0 Å². The summed E-state index contributed by atoms with van der Waals surface area (Å²) in [6.07, 6.45) is -4.95.